The molecule has 0 saturated heterocycles. The molecule has 0 bridgehead atoms. The highest BCUT2D eigenvalue weighted by Crippen LogP contribution is 2.30. The first kappa shape index (κ1) is 11.5. The third-order valence-corrected chi connectivity index (χ3v) is 3.44. The Balaban J connectivity index is 2.31. The van der Waals surface area contributed by atoms with Gasteiger partial charge in [0.05, 0.1) is 11.6 Å². The first-order chi connectivity index (χ1) is 9.29. The van der Waals surface area contributed by atoms with Crippen molar-refractivity contribution < 1.29 is 0 Å². The Morgan fingerprint density at radius 1 is 0.842 bits per heavy atom. The average Bonchev–Trinajstić information content (AvgIpc) is 2.48. The molecule has 3 aromatic carbocycles. The zero-order valence-electron chi connectivity index (χ0n) is 10.7. The van der Waals surface area contributed by atoms with Crippen molar-refractivity contribution in [3.05, 3.63) is 71.8 Å². The Labute approximate surface area is 112 Å². The third kappa shape index (κ3) is 1.98. The van der Waals surface area contributed by atoms with E-state index in [1.807, 2.05) is 18.2 Å². The fraction of sp³-hybridized carbons (Fsp3) is 0.0556. The molecule has 19 heavy (non-hydrogen) atoms. The van der Waals surface area contributed by atoms with Crippen LogP contribution in [0, 0.1) is 18.3 Å². The van der Waals surface area contributed by atoms with Crippen LogP contribution in [0.5, 0.6) is 0 Å². The number of fused-ring (bicyclic) bond motifs is 1. The molecule has 0 spiro atoms. The number of aryl methyl sites for hydroxylation is 1. The second-order valence-corrected chi connectivity index (χ2v) is 4.67. The van der Waals surface area contributed by atoms with Crippen LogP contribution in [0.2, 0.25) is 0 Å². The van der Waals surface area contributed by atoms with Gasteiger partial charge in [0, 0.05) is 0 Å². The summed E-state index contributed by atoms with van der Waals surface area (Å²) < 4.78 is 0. The third-order valence-electron chi connectivity index (χ3n) is 3.44. The van der Waals surface area contributed by atoms with Gasteiger partial charge in [-0.25, -0.2) is 0 Å². The van der Waals surface area contributed by atoms with Gasteiger partial charge < -0.3 is 0 Å². The Bertz CT molecular complexity index is 794. The van der Waals surface area contributed by atoms with Gasteiger partial charge in [0.1, 0.15) is 0 Å². The summed E-state index contributed by atoms with van der Waals surface area (Å²) in [6.07, 6.45) is 0. The molecule has 0 N–H and O–H groups in total. The number of hydrogen-bond acceptors (Lipinski definition) is 1. The van der Waals surface area contributed by atoms with E-state index in [1.165, 1.54) is 21.9 Å². The minimum Gasteiger partial charge on any atom is -0.192 e. The number of benzene rings is 3. The molecule has 0 aliphatic carbocycles. The second-order valence-electron chi connectivity index (χ2n) is 4.67. The molecule has 0 atom stereocenters. The Kier molecular flexibility index (Phi) is 2.78. The monoisotopic (exact) mass is 243 g/mol. The van der Waals surface area contributed by atoms with Crippen LogP contribution in [0.4, 0.5) is 0 Å². The summed E-state index contributed by atoms with van der Waals surface area (Å²) >= 11 is 0. The first-order valence-corrected chi connectivity index (χ1v) is 6.28. The lowest BCUT2D eigenvalue weighted by Gasteiger charge is -2.09. The van der Waals surface area contributed by atoms with Crippen LogP contribution in [-0.4, -0.2) is 0 Å². The largest absolute Gasteiger partial charge is 0.192 e. The molecule has 0 aliphatic rings. The normalized spacial score (nSPS) is 10.3. The molecule has 3 aromatic rings. The zero-order chi connectivity index (χ0) is 13.2. The topological polar surface area (TPSA) is 23.8 Å². The van der Waals surface area contributed by atoms with Crippen molar-refractivity contribution in [2.75, 3.05) is 0 Å². The van der Waals surface area contributed by atoms with Crippen LogP contribution >= 0.6 is 0 Å². The van der Waals surface area contributed by atoms with Gasteiger partial charge in [0.25, 0.3) is 0 Å². The SMILES string of the molecule is Cc1ccc(-c2cccc(C#N)c2)c2ccccc12. The summed E-state index contributed by atoms with van der Waals surface area (Å²) in [5.74, 6) is 0. The molecule has 0 aliphatic heterocycles. The number of hydrogen-bond donors (Lipinski definition) is 0. The van der Waals surface area contributed by atoms with Gasteiger partial charge in [0.15, 0.2) is 0 Å². The Morgan fingerprint density at radius 2 is 1.63 bits per heavy atom. The molecule has 1 heteroatoms. The molecule has 3 rings (SSSR count). The summed E-state index contributed by atoms with van der Waals surface area (Å²) in [5, 5.41) is 11.5. The van der Waals surface area contributed by atoms with Gasteiger partial charge in [-0.1, -0.05) is 48.5 Å². The van der Waals surface area contributed by atoms with E-state index < -0.39 is 0 Å². The molecule has 0 unspecified atom stereocenters. The lowest BCUT2D eigenvalue weighted by atomic mass is 9.95. The van der Waals surface area contributed by atoms with Crippen LogP contribution in [0.25, 0.3) is 21.9 Å². The molecule has 0 fully saturated rings. The summed E-state index contributed by atoms with van der Waals surface area (Å²) in [7, 11) is 0. The maximum atomic E-state index is 9.02. The molecule has 0 heterocycles. The number of nitriles is 1. The van der Waals surface area contributed by atoms with Crippen molar-refractivity contribution >= 4 is 10.8 Å². The van der Waals surface area contributed by atoms with E-state index in [2.05, 4.69) is 55.5 Å². The Morgan fingerprint density at radius 3 is 2.42 bits per heavy atom. The van der Waals surface area contributed by atoms with E-state index in [0.717, 1.165) is 5.56 Å². The van der Waals surface area contributed by atoms with Gasteiger partial charge in [-0.2, -0.15) is 5.26 Å². The van der Waals surface area contributed by atoms with E-state index in [1.54, 1.807) is 0 Å². The summed E-state index contributed by atoms with van der Waals surface area (Å²) in [6.45, 7) is 2.12. The minimum absolute atomic E-state index is 0.696. The van der Waals surface area contributed by atoms with Gasteiger partial charge in [-0.3, -0.25) is 0 Å². The molecule has 0 saturated carbocycles. The van der Waals surface area contributed by atoms with Crippen LogP contribution in [-0.2, 0) is 0 Å². The lowest BCUT2D eigenvalue weighted by Crippen LogP contribution is -1.85. The Hall–Kier alpha value is -2.59. The van der Waals surface area contributed by atoms with E-state index in [-0.39, 0.29) is 0 Å². The predicted molar refractivity (Wildman–Crippen MR) is 78.8 cm³/mol. The van der Waals surface area contributed by atoms with Crippen molar-refractivity contribution in [3.8, 4) is 17.2 Å². The zero-order valence-corrected chi connectivity index (χ0v) is 10.7. The quantitative estimate of drug-likeness (QED) is 0.608. The molecular weight excluding hydrogens is 230 g/mol. The number of nitrogens with zero attached hydrogens (tertiary/aromatic N) is 1. The molecule has 0 amide bonds. The minimum atomic E-state index is 0.696. The van der Waals surface area contributed by atoms with Crippen LogP contribution in [0.3, 0.4) is 0 Å². The van der Waals surface area contributed by atoms with Gasteiger partial charge in [-0.15, -0.1) is 0 Å². The van der Waals surface area contributed by atoms with E-state index in [0.29, 0.717) is 5.56 Å². The van der Waals surface area contributed by atoms with Gasteiger partial charge >= 0.3 is 0 Å². The highest BCUT2D eigenvalue weighted by Gasteiger charge is 2.05. The fourth-order valence-electron chi connectivity index (χ4n) is 2.46. The van der Waals surface area contributed by atoms with Crippen molar-refractivity contribution in [3.63, 3.8) is 0 Å². The van der Waals surface area contributed by atoms with Crippen molar-refractivity contribution in [2.45, 2.75) is 6.92 Å². The maximum Gasteiger partial charge on any atom is 0.0991 e. The van der Waals surface area contributed by atoms with E-state index in [9.17, 15) is 0 Å². The first-order valence-electron chi connectivity index (χ1n) is 6.28. The maximum absolute atomic E-state index is 9.02. The van der Waals surface area contributed by atoms with Crippen LogP contribution in [0.15, 0.2) is 60.7 Å². The summed E-state index contributed by atoms with van der Waals surface area (Å²) in [6, 6.07) is 22.6. The molecule has 0 aromatic heterocycles. The van der Waals surface area contributed by atoms with E-state index in [4.69, 9.17) is 5.26 Å². The highest BCUT2D eigenvalue weighted by atomic mass is 14.2. The van der Waals surface area contributed by atoms with E-state index >= 15 is 0 Å². The number of rotatable bonds is 1. The highest BCUT2D eigenvalue weighted by molar-refractivity contribution is 5.98. The van der Waals surface area contributed by atoms with Crippen molar-refractivity contribution in [1.82, 2.24) is 0 Å². The van der Waals surface area contributed by atoms with Crippen molar-refractivity contribution in [2.24, 2.45) is 0 Å². The van der Waals surface area contributed by atoms with Crippen LogP contribution < -0.4 is 0 Å². The fourth-order valence-corrected chi connectivity index (χ4v) is 2.46. The van der Waals surface area contributed by atoms with Crippen molar-refractivity contribution in [1.29, 1.82) is 5.26 Å². The smallest absolute Gasteiger partial charge is 0.0991 e. The second kappa shape index (κ2) is 4.59. The van der Waals surface area contributed by atoms with Gasteiger partial charge in [0.2, 0.25) is 0 Å². The molecule has 90 valence electrons. The molecule has 0 radical (unpaired) electrons. The summed E-state index contributed by atoms with van der Waals surface area (Å²) in [5.41, 5.74) is 4.24. The standard InChI is InChI=1S/C18H13N/c1-13-9-10-17(18-8-3-2-7-16(13)18)15-6-4-5-14(11-15)12-19/h2-11H,1H3. The lowest BCUT2D eigenvalue weighted by molar-refractivity contribution is 1.48. The predicted octanol–water partition coefficient (Wildman–Crippen LogP) is 4.69. The molecule has 1 nitrogen and oxygen atoms in total. The van der Waals surface area contributed by atoms with Gasteiger partial charge in [-0.05, 0) is 46.5 Å². The average molecular weight is 243 g/mol. The molecular formula is C18H13N. The summed E-state index contributed by atoms with van der Waals surface area (Å²) in [4.78, 5) is 0. The van der Waals surface area contributed by atoms with Crippen LogP contribution in [0.1, 0.15) is 11.1 Å².